The van der Waals surface area contributed by atoms with Gasteiger partial charge in [-0.3, -0.25) is 0 Å². The summed E-state index contributed by atoms with van der Waals surface area (Å²) in [6, 6.07) is 12.4. The molecule has 4 nitrogen and oxygen atoms in total. The predicted octanol–water partition coefficient (Wildman–Crippen LogP) is 3.41. The van der Waals surface area contributed by atoms with E-state index in [4.69, 9.17) is 4.74 Å². The first-order chi connectivity index (χ1) is 9.63. The van der Waals surface area contributed by atoms with Gasteiger partial charge in [-0.25, -0.2) is 4.79 Å². The molecular weight excluding hydrogens is 256 g/mol. The van der Waals surface area contributed by atoms with Crippen LogP contribution in [0.2, 0.25) is 0 Å². The third kappa shape index (κ3) is 1.66. The molecule has 0 aliphatic carbocycles. The van der Waals surface area contributed by atoms with E-state index in [1.165, 1.54) is 7.11 Å². The van der Waals surface area contributed by atoms with Crippen LogP contribution in [0, 0.1) is 0 Å². The van der Waals surface area contributed by atoms with E-state index in [-0.39, 0.29) is 11.3 Å². The summed E-state index contributed by atoms with van der Waals surface area (Å²) in [4.78, 5) is 11.4. The molecule has 0 aliphatic rings. The Kier molecular flexibility index (Phi) is 2.71. The number of benzene rings is 3. The Bertz CT molecular complexity index is 837. The summed E-state index contributed by atoms with van der Waals surface area (Å²) >= 11 is 0. The molecule has 0 fully saturated rings. The zero-order valence-electron chi connectivity index (χ0n) is 10.8. The maximum atomic E-state index is 11.4. The highest BCUT2D eigenvalue weighted by atomic mass is 16.5. The van der Waals surface area contributed by atoms with Crippen molar-refractivity contribution >= 4 is 27.5 Å². The van der Waals surface area contributed by atoms with Crippen molar-refractivity contribution in [3.8, 4) is 11.5 Å². The monoisotopic (exact) mass is 268 g/mol. The van der Waals surface area contributed by atoms with Crippen LogP contribution < -0.4 is 4.74 Å². The third-order valence-corrected chi connectivity index (χ3v) is 3.42. The van der Waals surface area contributed by atoms with Crippen LogP contribution in [0.25, 0.3) is 21.5 Å². The molecule has 0 saturated carbocycles. The molecule has 3 rings (SSSR count). The number of carboxylic acid groups (broad SMARTS) is 1. The zero-order chi connectivity index (χ0) is 14.3. The number of aromatic hydroxyl groups is 1. The summed E-state index contributed by atoms with van der Waals surface area (Å²) in [5.74, 6) is -0.812. The van der Waals surface area contributed by atoms with Crippen LogP contribution in [-0.4, -0.2) is 23.3 Å². The van der Waals surface area contributed by atoms with E-state index in [0.29, 0.717) is 16.5 Å². The lowest BCUT2D eigenvalue weighted by atomic mass is 9.96. The molecule has 0 bridgehead atoms. The summed E-state index contributed by atoms with van der Waals surface area (Å²) in [6.07, 6.45) is 0. The van der Waals surface area contributed by atoms with Crippen molar-refractivity contribution in [2.24, 2.45) is 0 Å². The third-order valence-electron chi connectivity index (χ3n) is 3.42. The average molecular weight is 268 g/mol. The van der Waals surface area contributed by atoms with Crippen molar-refractivity contribution in [2.45, 2.75) is 0 Å². The van der Waals surface area contributed by atoms with Gasteiger partial charge in [0.1, 0.15) is 17.1 Å². The zero-order valence-corrected chi connectivity index (χ0v) is 10.8. The molecule has 2 N–H and O–H groups in total. The van der Waals surface area contributed by atoms with Crippen LogP contribution in [-0.2, 0) is 0 Å². The molecule has 3 aromatic carbocycles. The van der Waals surface area contributed by atoms with Gasteiger partial charge in [-0.05, 0) is 29.0 Å². The summed E-state index contributed by atoms with van der Waals surface area (Å²) in [5, 5.41) is 22.2. The molecule has 0 saturated heterocycles. The van der Waals surface area contributed by atoms with Gasteiger partial charge in [0.05, 0.1) is 7.11 Å². The molecule has 0 heterocycles. The maximum Gasteiger partial charge on any atom is 0.340 e. The highest BCUT2D eigenvalue weighted by Gasteiger charge is 2.18. The number of phenols is 1. The van der Waals surface area contributed by atoms with Crippen molar-refractivity contribution in [2.75, 3.05) is 7.11 Å². The van der Waals surface area contributed by atoms with E-state index in [9.17, 15) is 15.0 Å². The standard InChI is InChI=1S/C16H12O4/c1-20-9-6-7-11-10-4-2-3-5-12(10)14(16(18)19)15(17)13(11)8-9/h2-8,17H,1H3,(H,18,19). The predicted molar refractivity (Wildman–Crippen MR) is 76.6 cm³/mol. The smallest absolute Gasteiger partial charge is 0.340 e. The fourth-order valence-electron chi connectivity index (χ4n) is 2.50. The van der Waals surface area contributed by atoms with Crippen molar-refractivity contribution in [3.63, 3.8) is 0 Å². The summed E-state index contributed by atoms with van der Waals surface area (Å²) in [5.41, 5.74) is -0.0821. The lowest BCUT2D eigenvalue weighted by molar-refractivity contribution is 0.0696. The first-order valence-corrected chi connectivity index (χ1v) is 6.08. The van der Waals surface area contributed by atoms with Gasteiger partial charge in [-0.1, -0.05) is 24.3 Å². The van der Waals surface area contributed by atoms with Crippen molar-refractivity contribution in [1.29, 1.82) is 0 Å². The normalized spacial score (nSPS) is 10.8. The van der Waals surface area contributed by atoms with Crippen LogP contribution in [0.3, 0.4) is 0 Å². The van der Waals surface area contributed by atoms with E-state index >= 15 is 0 Å². The molecule has 3 aromatic rings. The molecule has 0 amide bonds. The second-order valence-corrected chi connectivity index (χ2v) is 4.49. The number of hydrogen-bond donors (Lipinski definition) is 2. The lowest BCUT2D eigenvalue weighted by Gasteiger charge is -2.11. The molecule has 0 unspecified atom stereocenters. The molecule has 0 atom stereocenters. The van der Waals surface area contributed by atoms with E-state index < -0.39 is 5.97 Å². The van der Waals surface area contributed by atoms with Gasteiger partial charge in [-0.2, -0.15) is 0 Å². The average Bonchev–Trinajstić information content (AvgIpc) is 2.46. The maximum absolute atomic E-state index is 11.4. The topological polar surface area (TPSA) is 66.8 Å². The van der Waals surface area contributed by atoms with Gasteiger partial charge in [0.2, 0.25) is 0 Å². The molecule has 0 spiro atoms. The van der Waals surface area contributed by atoms with Crippen LogP contribution in [0.4, 0.5) is 0 Å². The quantitative estimate of drug-likeness (QED) is 0.699. The summed E-state index contributed by atoms with van der Waals surface area (Å²) in [6.45, 7) is 0. The molecule has 100 valence electrons. The molecule has 0 aliphatic heterocycles. The Morgan fingerprint density at radius 2 is 1.65 bits per heavy atom. The number of methoxy groups -OCH3 is 1. The number of ether oxygens (including phenoxy) is 1. The van der Waals surface area contributed by atoms with E-state index in [1.54, 1.807) is 24.3 Å². The Hall–Kier alpha value is -2.75. The highest BCUT2D eigenvalue weighted by Crippen LogP contribution is 2.38. The Labute approximate surface area is 114 Å². The Morgan fingerprint density at radius 3 is 2.30 bits per heavy atom. The molecule has 0 radical (unpaired) electrons. The lowest BCUT2D eigenvalue weighted by Crippen LogP contribution is -1.99. The van der Waals surface area contributed by atoms with Crippen LogP contribution in [0.5, 0.6) is 11.5 Å². The minimum absolute atomic E-state index is 0.0821. The second-order valence-electron chi connectivity index (χ2n) is 4.49. The van der Waals surface area contributed by atoms with Gasteiger partial charge < -0.3 is 14.9 Å². The number of aromatic carboxylic acids is 1. The molecule has 4 heteroatoms. The van der Waals surface area contributed by atoms with Crippen molar-refractivity contribution in [1.82, 2.24) is 0 Å². The van der Waals surface area contributed by atoms with Gasteiger partial charge >= 0.3 is 5.97 Å². The number of carboxylic acids is 1. The van der Waals surface area contributed by atoms with Crippen molar-refractivity contribution < 1.29 is 19.7 Å². The van der Waals surface area contributed by atoms with Crippen molar-refractivity contribution in [3.05, 3.63) is 48.0 Å². The van der Waals surface area contributed by atoms with Gasteiger partial charge in [0.25, 0.3) is 0 Å². The van der Waals surface area contributed by atoms with E-state index in [0.717, 1.165) is 10.8 Å². The Balaban J connectivity index is 2.58. The highest BCUT2D eigenvalue weighted by molar-refractivity contribution is 6.19. The van der Waals surface area contributed by atoms with E-state index in [2.05, 4.69) is 0 Å². The minimum atomic E-state index is -1.15. The largest absolute Gasteiger partial charge is 0.506 e. The molecule has 0 aromatic heterocycles. The fourth-order valence-corrected chi connectivity index (χ4v) is 2.50. The summed E-state index contributed by atoms with van der Waals surface area (Å²) in [7, 11) is 1.53. The van der Waals surface area contributed by atoms with Gasteiger partial charge in [0, 0.05) is 10.8 Å². The number of rotatable bonds is 2. The molecular formula is C16H12O4. The number of carbonyl (C=O) groups is 1. The van der Waals surface area contributed by atoms with Crippen LogP contribution in [0.15, 0.2) is 42.5 Å². The van der Waals surface area contributed by atoms with Gasteiger partial charge in [-0.15, -0.1) is 0 Å². The first kappa shape index (κ1) is 12.3. The first-order valence-electron chi connectivity index (χ1n) is 6.08. The minimum Gasteiger partial charge on any atom is -0.506 e. The Morgan fingerprint density at radius 1 is 1.00 bits per heavy atom. The van der Waals surface area contributed by atoms with Crippen LogP contribution >= 0.6 is 0 Å². The SMILES string of the molecule is COc1ccc2c(c1)c(O)c(C(=O)O)c1ccccc12. The number of hydrogen-bond acceptors (Lipinski definition) is 3. The number of fused-ring (bicyclic) bond motifs is 3. The second kappa shape index (κ2) is 4.42. The van der Waals surface area contributed by atoms with Gasteiger partial charge in [0.15, 0.2) is 0 Å². The van der Waals surface area contributed by atoms with Crippen LogP contribution in [0.1, 0.15) is 10.4 Å². The fraction of sp³-hybridized carbons (Fsp3) is 0.0625. The summed E-state index contributed by atoms with van der Waals surface area (Å²) < 4.78 is 5.13. The van der Waals surface area contributed by atoms with E-state index in [1.807, 2.05) is 18.2 Å². The molecule has 20 heavy (non-hydrogen) atoms.